The van der Waals surface area contributed by atoms with Crippen LogP contribution in [0.25, 0.3) is 5.82 Å². The van der Waals surface area contributed by atoms with E-state index in [9.17, 15) is 0 Å². The molecule has 0 spiro atoms. The van der Waals surface area contributed by atoms with Crippen LogP contribution in [0.5, 0.6) is 0 Å². The Balaban J connectivity index is 2.27. The maximum absolute atomic E-state index is 4.44. The molecule has 0 saturated carbocycles. The van der Waals surface area contributed by atoms with Crippen molar-refractivity contribution in [1.82, 2.24) is 25.1 Å². The summed E-state index contributed by atoms with van der Waals surface area (Å²) in [7, 11) is 0. The van der Waals surface area contributed by atoms with Gasteiger partial charge in [0.05, 0.1) is 6.20 Å². The molecule has 2 aromatic heterocycles. The summed E-state index contributed by atoms with van der Waals surface area (Å²) in [6, 6.07) is 2.24. The van der Waals surface area contributed by atoms with Crippen LogP contribution in [0, 0.1) is 13.8 Å². The Bertz CT molecular complexity index is 547. The fourth-order valence-corrected chi connectivity index (χ4v) is 2.11. The van der Waals surface area contributed by atoms with Crippen LogP contribution >= 0.6 is 0 Å². The first kappa shape index (κ1) is 13.7. The van der Waals surface area contributed by atoms with Gasteiger partial charge in [-0.15, -0.1) is 0 Å². The molecule has 0 aliphatic heterocycles. The first-order valence-electron chi connectivity index (χ1n) is 6.70. The van der Waals surface area contributed by atoms with Crippen molar-refractivity contribution in [2.75, 3.05) is 6.54 Å². The van der Waals surface area contributed by atoms with Crippen molar-refractivity contribution >= 4 is 0 Å². The first-order valence-corrected chi connectivity index (χ1v) is 6.70. The van der Waals surface area contributed by atoms with Gasteiger partial charge in [0.15, 0.2) is 5.82 Å². The lowest BCUT2D eigenvalue weighted by Gasteiger charge is -2.13. The lowest BCUT2D eigenvalue weighted by atomic mass is 10.1. The van der Waals surface area contributed by atoms with Crippen LogP contribution in [-0.4, -0.2) is 26.3 Å². The summed E-state index contributed by atoms with van der Waals surface area (Å²) in [6.45, 7) is 9.37. The second-order valence-corrected chi connectivity index (χ2v) is 4.79. The molecular formula is C14H21N5. The molecule has 0 aliphatic carbocycles. The van der Waals surface area contributed by atoms with Crippen LogP contribution in [0.2, 0.25) is 0 Å². The second-order valence-electron chi connectivity index (χ2n) is 4.79. The monoisotopic (exact) mass is 259 g/mol. The molecule has 5 heteroatoms. The van der Waals surface area contributed by atoms with Gasteiger partial charge in [-0.25, -0.2) is 14.6 Å². The molecule has 0 fully saturated rings. The minimum Gasteiger partial charge on any atom is -0.310 e. The average Bonchev–Trinajstić information content (AvgIpc) is 2.78. The van der Waals surface area contributed by atoms with Gasteiger partial charge in [0.2, 0.25) is 0 Å². The largest absolute Gasteiger partial charge is 0.310 e. The van der Waals surface area contributed by atoms with Crippen LogP contribution in [0.3, 0.4) is 0 Å². The highest BCUT2D eigenvalue weighted by Crippen LogP contribution is 2.19. The second kappa shape index (κ2) is 5.93. The summed E-state index contributed by atoms with van der Waals surface area (Å²) in [5.74, 6) is 0.818. The number of hydrogen-bond donors (Lipinski definition) is 1. The van der Waals surface area contributed by atoms with Crippen LogP contribution < -0.4 is 5.32 Å². The summed E-state index contributed by atoms with van der Waals surface area (Å²) in [6.07, 6.45) is 4.62. The van der Waals surface area contributed by atoms with Gasteiger partial charge in [-0.3, -0.25) is 0 Å². The molecule has 2 aromatic rings. The number of aryl methyl sites for hydroxylation is 1. The van der Waals surface area contributed by atoms with Crippen LogP contribution in [0.1, 0.15) is 43.3 Å². The zero-order valence-electron chi connectivity index (χ0n) is 12.0. The standard InChI is InChI=1S/C14H21N5/c1-5-6-15-11(3)13-8-18-19(12(13)4)14-7-10(2)16-9-17-14/h7-9,11,15H,5-6H2,1-4H3. The third-order valence-electron chi connectivity index (χ3n) is 3.22. The van der Waals surface area contributed by atoms with Gasteiger partial charge in [0.1, 0.15) is 6.33 Å². The third-order valence-corrected chi connectivity index (χ3v) is 3.22. The predicted molar refractivity (Wildman–Crippen MR) is 75.3 cm³/mol. The Kier molecular flexibility index (Phi) is 4.27. The Morgan fingerprint density at radius 3 is 2.79 bits per heavy atom. The number of nitrogens with one attached hydrogen (secondary N) is 1. The predicted octanol–water partition coefficient (Wildman–Crippen LogP) is 2.34. The van der Waals surface area contributed by atoms with Crippen molar-refractivity contribution in [3.63, 3.8) is 0 Å². The molecule has 0 saturated heterocycles. The van der Waals surface area contributed by atoms with E-state index in [1.54, 1.807) is 6.33 Å². The van der Waals surface area contributed by atoms with E-state index >= 15 is 0 Å². The van der Waals surface area contributed by atoms with Gasteiger partial charge in [0, 0.05) is 29.1 Å². The third kappa shape index (κ3) is 2.98. The summed E-state index contributed by atoms with van der Waals surface area (Å²) < 4.78 is 1.87. The molecular weight excluding hydrogens is 238 g/mol. The average molecular weight is 259 g/mol. The Morgan fingerprint density at radius 1 is 1.32 bits per heavy atom. The molecule has 19 heavy (non-hydrogen) atoms. The van der Waals surface area contributed by atoms with Crippen LogP contribution in [0.15, 0.2) is 18.6 Å². The highest BCUT2D eigenvalue weighted by molar-refractivity contribution is 5.30. The summed E-state index contributed by atoms with van der Waals surface area (Å²) in [5.41, 5.74) is 3.28. The van der Waals surface area contributed by atoms with E-state index in [0.29, 0.717) is 6.04 Å². The number of nitrogens with zero attached hydrogens (tertiary/aromatic N) is 4. The fourth-order valence-electron chi connectivity index (χ4n) is 2.11. The first-order chi connectivity index (χ1) is 9.13. The van der Waals surface area contributed by atoms with Crippen LogP contribution in [-0.2, 0) is 0 Å². The topological polar surface area (TPSA) is 55.6 Å². The van der Waals surface area contributed by atoms with E-state index < -0.39 is 0 Å². The minimum atomic E-state index is 0.302. The van der Waals surface area contributed by atoms with Gasteiger partial charge in [-0.1, -0.05) is 6.92 Å². The van der Waals surface area contributed by atoms with Gasteiger partial charge >= 0.3 is 0 Å². The maximum atomic E-state index is 4.44. The van der Waals surface area contributed by atoms with E-state index in [0.717, 1.165) is 30.2 Å². The quantitative estimate of drug-likeness (QED) is 0.895. The summed E-state index contributed by atoms with van der Waals surface area (Å²) >= 11 is 0. The van der Waals surface area contributed by atoms with Crippen molar-refractivity contribution < 1.29 is 0 Å². The molecule has 0 radical (unpaired) electrons. The van der Waals surface area contributed by atoms with Crippen molar-refractivity contribution in [3.05, 3.63) is 35.5 Å². The molecule has 0 bridgehead atoms. The number of rotatable bonds is 5. The highest BCUT2D eigenvalue weighted by atomic mass is 15.3. The van der Waals surface area contributed by atoms with Crippen LogP contribution in [0.4, 0.5) is 0 Å². The number of aromatic nitrogens is 4. The minimum absolute atomic E-state index is 0.302. The smallest absolute Gasteiger partial charge is 0.157 e. The molecule has 5 nitrogen and oxygen atoms in total. The zero-order valence-corrected chi connectivity index (χ0v) is 12.0. The zero-order chi connectivity index (χ0) is 13.8. The van der Waals surface area contributed by atoms with E-state index in [4.69, 9.17) is 0 Å². The van der Waals surface area contributed by atoms with Crippen molar-refractivity contribution in [2.24, 2.45) is 0 Å². The van der Waals surface area contributed by atoms with Gasteiger partial charge < -0.3 is 5.32 Å². The summed E-state index contributed by atoms with van der Waals surface area (Å²) in [5, 5.41) is 7.92. The SMILES string of the molecule is CCCNC(C)c1cnn(-c2cc(C)ncn2)c1C. The Hall–Kier alpha value is -1.75. The molecule has 0 aliphatic rings. The van der Waals surface area contributed by atoms with Crippen molar-refractivity contribution in [3.8, 4) is 5.82 Å². The van der Waals surface area contributed by atoms with Crippen molar-refractivity contribution in [1.29, 1.82) is 0 Å². The molecule has 0 aromatic carbocycles. The fraction of sp³-hybridized carbons (Fsp3) is 0.500. The molecule has 102 valence electrons. The molecule has 1 atom stereocenters. The van der Waals surface area contributed by atoms with E-state index in [1.165, 1.54) is 5.56 Å². The maximum Gasteiger partial charge on any atom is 0.157 e. The van der Waals surface area contributed by atoms with Gasteiger partial charge in [-0.2, -0.15) is 5.10 Å². The van der Waals surface area contributed by atoms with Gasteiger partial charge in [0.25, 0.3) is 0 Å². The van der Waals surface area contributed by atoms with E-state index in [-0.39, 0.29) is 0 Å². The molecule has 2 heterocycles. The van der Waals surface area contributed by atoms with E-state index in [1.807, 2.05) is 23.9 Å². The summed E-state index contributed by atoms with van der Waals surface area (Å²) in [4.78, 5) is 8.39. The number of hydrogen-bond acceptors (Lipinski definition) is 4. The van der Waals surface area contributed by atoms with Crippen molar-refractivity contribution in [2.45, 2.75) is 40.2 Å². The molecule has 1 N–H and O–H groups in total. The van der Waals surface area contributed by atoms with E-state index in [2.05, 4.69) is 41.2 Å². The lowest BCUT2D eigenvalue weighted by Crippen LogP contribution is -2.19. The normalized spacial score (nSPS) is 12.6. The highest BCUT2D eigenvalue weighted by Gasteiger charge is 2.14. The van der Waals surface area contributed by atoms with Gasteiger partial charge in [-0.05, 0) is 33.7 Å². The molecule has 1 unspecified atom stereocenters. The lowest BCUT2D eigenvalue weighted by molar-refractivity contribution is 0.568. The Labute approximate surface area is 114 Å². The molecule has 0 amide bonds. The molecule has 2 rings (SSSR count). The Morgan fingerprint density at radius 2 is 2.11 bits per heavy atom.